The molecule has 148 valence electrons. The van der Waals surface area contributed by atoms with Crippen molar-refractivity contribution in [2.24, 2.45) is 4.99 Å². The quantitative estimate of drug-likeness (QED) is 0.275. The van der Waals surface area contributed by atoms with Gasteiger partial charge >= 0.3 is 0 Å². The average Bonchev–Trinajstić information content (AvgIpc) is 2.70. The van der Waals surface area contributed by atoms with Gasteiger partial charge in [0.05, 0.1) is 25.5 Å². The molecular weight excluding hydrogens is 453 g/mol. The van der Waals surface area contributed by atoms with Crippen LogP contribution in [0.5, 0.6) is 0 Å². The number of halogens is 1. The first kappa shape index (κ1) is 21.8. The van der Waals surface area contributed by atoms with Crippen LogP contribution in [0, 0.1) is 0 Å². The number of hydrogen-bond donors (Lipinski definition) is 2. The van der Waals surface area contributed by atoms with Crippen LogP contribution < -0.4 is 10.6 Å². The summed E-state index contributed by atoms with van der Waals surface area (Å²) in [7, 11) is 0. The lowest BCUT2D eigenvalue weighted by Gasteiger charge is -2.26. The van der Waals surface area contributed by atoms with E-state index in [0.29, 0.717) is 6.54 Å². The Morgan fingerprint density at radius 3 is 2.81 bits per heavy atom. The maximum absolute atomic E-state index is 5.39. The monoisotopic (exact) mass is 483 g/mol. The first-order valence-corrected chi connectivity index (χ1v) is 9.51. The largest absolute Gasteiger partial charge is 0.379 e. The zero-order valence-corrected chi connectivity index (χ0v) is 18.3. The third-order valence-corrected chi connectivity index (χ3v) is 4.53. The molecule has 1 aromatic heterocycles. The van der Waals surface area contributed by atoms with Crippen molar-refractivity contribution in [3.8, 4) is 0 Å². The van der Waals surface area contributed by atoms with Crippen molar-refractivity contribution in [1.29, 1.82) is 0 Å². The van der Waals surface area contributed by atoms with Crippen LogP contribution in [-0.2, 0) is 11.3 Å². The minimum Gasteiger partial charge on any atom is -0.379 e. The van der Waals surface area contributed by atoms with Crippen LogP contribution in [-0.4, -0.2) is 61.8 Å². The van der Waals surface area contributed by atoms with E-state index in [4.69, 9.17) is 9.73 Å². The van der Waals surface area contributed by atoms with E-state index in [1.165, 1.54) is 10.8 Å². The van der Waals surface area contributed by atoms with Crippen molar-refractivity contribution in [2.45, 2.75) is 19.9 Å². The Balaban J connectivity index is 0.00000261. The number of fused-ring (bicyclic) bond motifs is 1. The molecule has 1 aliphatic rings. The molecule has 0 radical (unpaired) electrons. The van der Waals surface area contributed by atoms with Gasteiger partial charge in [0.15, 0.2) is 5.96 Å². The van der Waals surface area contributed by atoms with Crippen molar-refractivity contribution in [3.05, 3.63) is 42.2 Å². The van der Waals surface area contributed by atoms with Crippen LogP contribution in [0.3, 0.4) is 0 Å². The fraction of sp³-hybridized carbons (Fsp3) is 0.500. The summed E-state index contributed by atoms with van der Waals surface area (Å²) in [5.41, 5.74) is 1.01. The highest BCUT2D eigenvalue weighted by molar-refractivity contribution is 14.0. The van der Waals surface area contributed by atoms with Crippen molar-refractivity contribution in [2.75, 3.05) is 45.9 Å². The minimum absolute atomic E-state index is 0. The van der Waals surface area contributed by atoms with E-state index in [1.54, 1.807) is 0 Å². The fourth-order valence-electron chi connectivity index (χ4n) is 3.14. The Morgan fingerprint density at radius 2 is 2.00 bits per heavy atom. The Labute approximate surface area is 178 Å². The standard InChI is InChI=1S/C20H29N5O.HI/c1-2-21-20(23-9-5-11-25-12-14-26-15-13-25)24-16-19-18-7-4-3-6-17(18)8-10-22-19;/h3-4,6-8,10H,2,5,9,11-16H2,1H3,(H2,21,23,24);1H. The molecule has 7 heteroatoms. The second-order valence-corrected chi connectivity index (χ2v) is 6.41. The number of nitrogens with one attached hydrogen (secondary N) is 2. The number of guanidine groups is 1. The smallest absolute Gasteiger partial charge is 0.191 e. The highest BCUT2D eigenvalue weighted by Crippen LogP contribution is 2.16. The van der Waals surface area contributed by atoms with Crippen LogP contribution in [0.25, 0.3) is 10.8 Å². The van der Waals surface area contributed by atoms with Crippen LogP contribution in [0.1, 0.15) is 19.0 Å². The third-order valence-electron chi connectivity index (χ3n) is 4.53. The summed E-state index contributed by atoms with van der Waals surface area (Å²) in [5, 5.41) is 9.12. The summed E-state index contributed by atoms with van der Waals surface area (Å²) in [6.45, 7) is 9.30. The Morgan fingerprint density at radius 1 is 1.19 bits per heavy atom. The molecular formula is C20H30IN5O. The van der Waals surface area contributed by atoms with Gasteiger partial charge in [0, 0.05) is 37.8 Å². The highest BCUT2D eigenvalue weighted by Gasteiger charge is 2.09. The molecule has 0 saturated carbocycles. The Bertz CT molecular complexity index is 713. The first-order chi connectivity index (χ1) is 12.9. The van der Waals surface area contributed by atoms with E-state index in [0.717, 1.165) is 64.0 Å². The molecule has 2 aromatic rings. The fourth-order valence-corrected chi connectivity index (χ4v) is 3.14. The maximum Gasteiger partial charge on any atom is 0.191 e. The number of ether oxygens (including phenoxy) is 1. The second kappa shape index (κ2) is 12.1. The van der Waals surface area contributed by atoms with E-state index < -0.39 is 0 Å². The SMILES string of the molecule is CCNC(=NCc1nccc2ccccc12)NCCCN1CCOCC1.I. The Kier molecular flexibility index (Phi) is 9.79. The molecule has 6 nitrogen and oxygen atoms in total. The zero-order chi connectivity index (χ0) is 18.0. The predicted octanol–water partition coefficient (Wildman–Crippen LogP) is 2.63. The average molecular weight is 483 g/mol. The van der Waals surface area contributed by atoms with Gasteiger partial charge in [-0.2, -0.15) is 0 Å². The first-order valence-electron chi connectivity index (χ1n) is 9.51. The number of pyridine rings is 1. The van der Waals surface area contributed by atoms with Crippen molar-refractivity contribution >= 4 is 40.7 Å². The molecule has 0 aliphatic carbocycles. The molecule has 1 aliphatic heterocycles. The zero-order valence-electron chi connectivity index (χ0n) is 16.0. The van der Waals surface area contributed by atoms with Crippen LogP contribution in [0.2, 0.25) is 0 Å². The summed E-state index contributed by atoms with van der Waals surface area (Å²) in [6.07, 6.45) is 2.95. The number of rotatable bonds is 7. The predicted molar refractivity (Wildman–Crippen MR) is 122 cm³/mol. The minimum atomic E-state index is 0. The van der Waals surface area contributed by atoms with Crippen LogP contribution >= 0.6 is 24.0 Å². The molecule has 2 N–H and O–H groups in total. The highest BCUT2D eigenvalue weighted by atomic mass is 127. The molecule has 1 saturated heterocycles. The summed E-state index contributed by atoms with van der Waals surface area (Å²) in [6, 6.07) is 10.4. The normalized spacial score (nSPS) is 15.4. The number of hydrogen-bond acceptors (Lipinski definition) is 4. The summed E-state index contributed by atoms with van der Waals surface area (Å²) in [5.74, 6) is 0.851. The van der Waals surface area contributed by atoms with Crippen molar-refractivity contribution in [1.82, 2.24) is 20.5 Å². The molecule has 3 rings (SSSR count). The van der Waals surface area contributed by atoms with E-state index in [-0.39, 0.29) is 24.0 Å². The van der Waals surface area contributed by atoms with Crippen molar-refractivity contribution < 1.29 is 4.74 Å². The topological polar surface area (TPSA) is 61.8 Å². The second-order valence-electron chi connectivity index (χ2n) is 6.41. The molecule has 27 heavy (non-hydrogen) atoms. The molecule has 0 unspecified atom stereocenters. The van der Waals surface area contributed by atoms with Gasteiger partial charge in [-0.15, -0.1) is 24.0 Å². The van der Waals surface area contributed by atoms with Gasteiger partial charge in [0.2, 0.25) is 0 Å². The Hall–Kier alpha value is -1.45. The summed E-state index contributed by atoms with van der Waals surface area (Å²) < 4.78 is 5.39. The van der Waals surface area contributed by atoms with Crippen molar-refractivity contribution in [3.63, 3.8) is 0 Å². The van der Waals surface area contributed by atoms with Gasteiger partial charge in [-0.05, 0) is 31.3 Å². The van der Waals surface area contributed by atoms with Gasteiger partial charge in [0.25, 0.3) is 0 Å². The molecule has 0 atom stereocenters. The number of nitrogens with zero attached hydrogens (tertiary/aromatic N) is 3. The van der Waals surface area contributed by atoms with Crippen LogP contribution in [0.15, 0.2) is 41.5 Å². The molecule has 0 bridgehead atoms. The number of morpholine rings is 1. The lowest BCUT2D eigenvalue weighted by atomic mass is 10.1. The van der Waals surface area contributed by atoms with Gasteiger partial charge in [-0.1, -0.05) is 24.3 Å². The molecule has 1 aromatic carbocycles. The van der Waals surface area contributed by atoms with E-state index >= 15 is 0 Å². The van der Waals surface area contributed by atoms with Gasteiger partial charge < -0.3 is 15.4 Å². The summed E-state index contributed by atoms with van der Waals surface area (Å²) in [4.78, 5) is 11.7. The van der Waals surface area contributed by atoms with Crippen LogP contribution in [0.4, 0.5) is 0 Å². The van der Waals surface area contributed by atoms with E-state index in [1.807, 2.05) is 18.3 Å². The number of aliphatic imine (C=N–C) groups is 1. The summed E-state index contributed by atoms with van der Waals surface area (Å²) >= 11 is 0. The van der Waals surface area contributed by atoms with Gasteiger partial charge in [0.1, 0.15) is 0 Å². The van der Waals surface area contributed by atoms with Gasteiger partial charge in [-0.25, -0.2) is 4.99 Å². The molecule has 1 fully saturated rings. The number of benzene rings is 1. The van der Waals surface area contributed by atoms with Gasteiger partial charge in [-0.3, -0.25) is 9.88 Å². The molecule has 2 heterocycles. The lowest BCUT2D eigenvalue weighted by Crippen LogP contribution is -2.40. The third kappa shape index (κ3) is 6.90. The molecule has 0 spiro atoms. The number of aromatic nitrogens is 1. The van der Waals surface area contributed by atoms with E-state index in [9.17, 15) is 0 Å². The molecule has 0 amide bonds. The van der Waals surface area contributed by atoms with E-state index in [2.05, 4.69) is 45.6 Å². The maximum atomic E-state index is 5.39. The lowest BCUT2D eigenvalue weighted by molar-refractivity contribution is 0.0376.